The fourth-order valence-corrected chi connectivity index (χ4v) is 2.30. The van der Waals surface area contributed by atoms with Gasteiger partial charge >= 0.3 is 0 Å². The number of hydrogen-bond donors (Lipinski definition) is 2. The number of benzene rings is 1. The Bertz CT molecular complexity index is 658. The maximum absolute atomic E-state index is 12.3. The lowest BCUT2D eigenvalue weighted by molar-refractivity contribution is -0.119. The van der Waals surface area contributed by atoms with E-state index in [9.17, 15) is 4.79 Å². The van der Waals surface area contributed by atoms with E-state index in [1.165, 1.54) is 5.56 Å². The first-order valence-electron chi connectivity index (χ1n) is 8.04. The average molecular weight is 314 g/mol. The summed E-state index contributed by atoms with van der Waals surface area (Å²) in [5.41, 5.74) is 3.10. The lowest BCUT2D eigenvalue weighted by Crippen LogP contribution is -2.29. The molecule has 5 nitrogen and oxygen atoms in total. The zero-order valence-electron chi connectivity index (χ0n) is 14.6. The van der Waals surface area contributed by atoms with Gasteiger partial charge in [0, 0.05) is 18.5 Å². The fourth-order valence-electron chi connectivity index (χ4n) is 2.30. The molecule has 0 fully saturated rings. The number of anilines is 1. The summed E-state index contributed by atoms with van der Waals surface area (Å²) < 4.78 is 1.80. The van der Waals surface area contributed by atoms with Crippen molar-refractivity contribution in [2.45, 2.75) is 33.6 Å². The molecule has 0 radical (unpaired) electrons. The molecule has 0 aliphatic carbocycles. The minimum absolute atomic E-state index is 0.0112. The van der Waals surface area contributed by atoms with E-state index in [1.807, 2.05) is 44.3 Å². The summed E-state index contributed by atoms with van der Waals surface area (Å²) in [7, 11) is 1.84. The second-order valence-corrected chi connectivity index (χ2v) is 6.30. The second-order valence-electron chi connectivity index (χ2n) is 6.30. The molecule has 2 rings (SSSR count). The van der Waals surface area contributed by atoms with Crippen LogP contribution >= 0.6 is 0 Å². The van der Waals surface area contributed by atoms with Crippen molar-refractivity contribution in [3.05, 3.63) is 41.6 Å². The van der Waals surface area contributed by atoms with Crippen LogP contribution < -0.4 is 10.6 Å². The highest BCUT2D eigenvalue weighted by molar-refractivity contribution is 5.92. The first-order chi connectivity index (χ1) is 10.9. The normalized spacial score (nSPS) is 12.4. The number of hydrogen-bond acceptors (Lipinski definition) is 3. The minimum atomic E-state index is -0.108. The molecule has 0 aliphatic heterocycles. The molecule has 0 saturated heterocycles. The van der Waals surface area contributed by atoms with Gasteiger partial charge in [0.2, 0.25) is 5.91 Å². The smallest absolute Gasteiger partial charge is 0.229 e. The van der Waals surface area contributed by atoms with Gasteiger partial charge in [-0.2, -0.15) is 5.10 Å². The van der Waals surface area contributed by atoms with Crippen molar-refractivity contribution in [3.63, 3.8) is 0 Å². The van der Waals surface area contributed by atoms with Crippen molar-refractivity contribution in [2.75, 3.05) is 18.9 Å². The Morgan fingerprint density at radius 2 is 1.87 bits per heavy atom. The van der Waals surface area contributed by atoms with Crippen LogP contribution in [0, 0.1) is 12.8 Å². The van der Waals surface area contributed by atoms with E-state index >= 15 is 0 Å². The van der Waals surface area contributed by atoms with E-state index in [1.54, 1.807) is 4.68 Å². The van der Waals surface area contributed by atoms with Crippen LogP contribution in [0.5, 0.6) is 0 Å². The quantitative estimate of drug-likeness (QED) is 0.861. The van der Waals surface area contributed by atoms with Crippen molar-refractivity contribution < 1.29 is 4.79 Å². The molecular formula is C18H26N4O. The Balaban J connectivity index is 2.34. The zero-order chi connectivity index (χ0) is 17.0. The first kappa shape index (κ1) is 17.2. The van der Waals surface area contributed by atoms with Gasteiger partial charge in [0.15, 0.2) is 0 Å². The lowest BCUT2D eigenvalue weighted by Gasteiger charge is -2.13. The van der Waals surface area contributed by atoms with E-state index in [2.05, 4.69) is 36.5 Å². The van der Waals surface area contributed by atoms with Gasteiger partial charge in [-0.25, -0.2) is 4.68 Å². The van der Waals surface area contributed by atoms with Gasteiger partial charge in [0.05, 0.1) is 11.4 Å². The van der Waals surface area contributed by atoms with Crippen LogP contribution in [-0.2, 0) is 4.79 Å². The lowest BCUT2D eigenvalue weighted by atomic mass is 10.1. The molecule has 2 N–H and O–H groups in total. The molecule has 23 heavy (non-hydrogen) atoms. The van der Waals surface area contributed by atoms with Crippen LogP contribution in [-0.4, -0.2) is 29.3 Å². The molecule has 1 atom stereocenters. The number of aromatic nitrogens is 2. The summed E-state index contributed by atoms with van der Waals surface area (Å²) in [5, 5.41) is 10.7. The number of nitrogens with one attached hydrogen (secondary N) is 2. The molecule has 0 bridgehead atoms. The average Bonchev–Trinajstić information content (AvgIpc) is 2.92. The topological polar surface area (TPSA) is 59.0 Å². The Labute approximate surface area is 138 Å². The van der Waals surface area contributed by atoms with E-state index in [0.717, 1.165) is 11.4 Å². The van der Waals surface area contributed by atoms with Crippen molar-refractivity contribution in [3.8, 4) is 5.69 Å². The fraction of sp³-hybridized carbons (Fsp3) is 0.444. The molecule has 1 unspecified atom stereocenters. The largest absolute Gasteiger partial charge is 0.319 e. The van der Waals surface area contributed by atoms with Crippen LogP contribution in [0.3, 0.4) is 0 Å². The first-order valence-corrected chi connectivity index (χ1v) is 8.04. The number of rotatable bonds is 6. The molecule has 0 saturated carbocycles. The van der Waals surface area contributed by atoms with Crippen molar-refractivity contribution in [2.24, 2.45) is 5.92 Å². The maximum Gasteiger partial charge on any atom is 0.229 e. The summed E-state index contributed by atoms with van der Waals surface area (Å²) in [5.74, 6) is 0.893. The molecular weight excluding hydrogens is 288 g/mol. The summed E-state index contributed by atoms with van der Waals surface area (Å²) in [6.07, 6.45) is 0. The van der Waals surface area contributed by atoms with Crippen molar-refractivity contribution in [1.82, 2.24) is 15.1 Å². The van der Waals surface area contributed by atoms with Crippen LogP contribution in [0.2, 0.25) is 0 Å². The van der Waals surface area contributed by atoms with E-state index in [-0.39, 0.29) is 11.8 Å². The van der Waals surface area contributed by atoms with E-state index < -0.39 is 0 Å². The molecule has 1 amide bonds. The third-order valence-corrected chi connectivity index (χ3v) is 3.81. The Morgan fingerprint density at radius 1 is 1.22 bits per heavy atom. The summed E-state index contributed by atoms with van der Waals surface area (Å²) in [6.45, 7) is 8.78. The van der Waals surface area contributed by atoms with Gasteiger partial charge in [-0.3, -0.25) is 4.79 Å². The van der Waals surface area contributed by atoms with Crippen LogP contribution in [0.1, 0.15) is 37.9 Å². The third kappa shape index (κ3) is 4.20. The van der Waals surface area contributed by atoms with Gasteiger partial charge in [0.1, 0.15) is 5.82 Å². The SMILES string of the molecule is CNCC(C)C(=O)Nc1cc(C(C)C)nn1-c1ccc(C)cc1. The number of amides is 1. The Kier molecular flexibility index (Phi) is 5.55. The summed E-state index contributed by atoms with van der Waals surface area (Å²) in [4.78, 5) is 12.3. The minimum Gasteiger partial charge on any atom is -0.319 e. The molecule has 1 aromatic carbocycles. The van der Waals surface area contributed by atoms with E-state index in [4.69, 9.17) is 0 Å². The molecule has 1 heterocycles. The van der Waals surface area contributed by atoms with Crippen molar-refractivity contribution >= 4 is 11.7 Å². The maximum atomic E-state index is 12.3. The van der Waals surface area contributed by atoms with E-state index in [0.29, 0.717) is 18.3 Å². The number of carbonyl (C=O) groups is 1. The van der Waals surface area contributed by atoms with Gasteiger partial charge in [-0.1, -0.05) is 38.5 Å². The van der Waals surface area contributed by atoms with Gasteiger partial charge in [0.25, 0.3) is 0 Å². The number of carbonyl (C=O) groups excluding carboxylic acids is 1. The number of aryl methyl sites for hydroxylation is 1. The van der Waals surface area contributed by atoms with Crippen LogP contribution in [0.25, 0.3) is 5.69 Å². The second kappa shape index (κ2) is 7.42. The standard InChI is InChI=1S/C18H26N4O/c1-12(2)16-10-17(20-18(23)14(4)11-19-5)22(21-16)15-8-6-13(3)7-9-15/h6-10,12,14,19H,11H2,1-5H3,(H,20,23). The van der Waals surface area contributed by atoms with Gasteiger partial charge in [-0.15, -0.1) is 0 Å². The Hall–Kier alpha value is -2.14. The molecule has 124 valence electrons. The van der Waals surface area contributed by atoms with Crippen molar-refractivity contribution in [1.29, 1.82) is 0 Å². The Morgan fingerprint density at radius 3 is 2.43 bits per heavy atom. The van der Waals surface area contributed by atoms with Crippen LogP contribution in [0.4, 0.5) is 5.82 Å². The molecule has 1 aromatic heterocycles. The predicted octanol–water partition coefficient (Wildman–Crippen LogP) is 3.10. The summed E-state index contributed by atoms with van der Waals surface area (Å²) in [6, 6.07) is 10.1. The molecule has 0 spiro atoms. The van der Waals surface area contributed by atoms with Gasteiger partial charge in [-0.05, 0) is 32.0 Å². The molecule has 2 aromatic rings. The molecule has 5 heteroatoms. The highest BCUT2D eigenvalue weighted by Crippen LogP contribution is 2.22. The summed E-state index contributed by atoms with van der Waals surface area (Å²) >= 11 is 0. The highest BCUT2D eigenvalue weighted by Gasteiger charge is 2.17. The zero-order valence-corrected chi connectivity index (χ0v) is 14.6. The monoisotopic (exact) mass is 314 g/mol. The number of nitrogens with zero attached hydrogens (tertiary/aromatic N) is 2. The molecule has 0 aliphatic rings. The highest BCUT2D eigenvalue weighted by atomic mass is 16.2. The third-order valence-electron chi connectivity index (χ3n) is 3.81. The van der Waals surface area contributed by atoms with Crippen LogP contribution in [0.15, 0.2) is 30.3 Å². The predicted molar refractivity (Wildman–Crippen MR) is 94.1 cm³/mol. The van der Waals surface area contributed by atoms with Gasteiger partial charge < -0.3 is 10.6 Å².